The molecule has 8 nitrogen and oxygen atoms in total. The Kier molecular flexibility index (Phi) is 4.94. The van der Waals surface area contributed by atoms with Crippen LogP contribution in [-0.4, -0.2) is 28.8 Å². The summed E-state index contributed by atoms with van der Waals surface area (Å²) < 4.78 is 11.2. The third-order valence-corrected chi connectivity index (χ3v) is 4.76. The molecule has 0 radical (unpaired) electrons. The first kappa shape index (κ1) is 18.0. The number of fused-ring (bicyclic) bond motifs is 1. The fourth-order valence-electron chi connectivity index (χ4n) is 3.35. The molecule has 0 saturated heterocycles. The number of nitrogens with zero attached hydrogens (tertiary/aromatic N) is 2. The Morgan fingerprint density at radius 1 is 1.25 bits per heavy atom. The Morgan fingerprint density at radius 2 is 2.07 bits per heavy atom. The molecule has 0 unspecified atom stereocenters. The van der Waals surface area contributed by atoms with Crippen LogP contribution >= 0.6 is 0 Å². The molecular formula is C20H20N4O4. The van der Waals surface area contributed by atoms with Crippen LogP contribution in [0.2, 0.25) is 0 Å². The highest BCUT2D eigenvalue weighted by Crippen LogP contribution is 2.42. The van der Waals surface area contributed by atoms with E-state index in [1.54, 1.807) is 6.07 Å². The van der Waals surface area contributed by atoms with Crippen molar-refractivity contribution in [1.82, 2.24) is 15.5 Å². The highest BCUT2D eigenvalue weighted by molar-refractivity contribution is 5.73. The van der Waals surface area contributed by atoms with Gasteiger partial charge in [0.2, 0.25) is 5.75 Å². The van der Waals surface area contributed by atoms with Crippen molar-refractivity contribution < 1.29 is 14.4 Å². The normalized spacial score (nSPS) is 13.0. The molecule has 0 saturated carbocycles. The highest BCUT2D eigenvalue weighted by atomic mass is 16.6. The van der Waals surface area contributed by atoms with E-state index < -0.39 is 4.92 Å². The monoisotopic (exact) mass is 380 g/mol. The molecule has 2 N–H and O–H groups in total. The summed E-state index contributed by atoms with van der Waals surface area (Å²) in [5.41, 5.74) is 4.16. The number of nitro groups is 1. The summed E-state index contributed by atoms with van der Waals surface area (Å²) in [6.45, 7) is 1.76. The molecule has 0 amide bonds. The van der Waals surface area contributed by atoms with Crippen molar-refractivity contribution in [2.75, 3.05) is 13.7 Å². The lowest BCUT2D eigenvalue weighted by Gasteiger charge is -2.15. The first-order valence-electron chi connectivity index (χ1n) is 8.97. The van der Waals surface area contributed by atoms with Crippen molar-refractivity contribution in [3.63, 3.8) is 0 Å². The van der Waals surface area contributed by atoms with Gasteiger partial charge in [0.05, 0.1) is 17.7 Å². The van der Waals surface area contributed by atoms with Gasteiger partial charge in [0.25, 0.3) is 0 Å². The standard InChI is InChI=1S/C20H20N4O4/c1-27-18-10-14(19-15-11-21-8-7-16(15)22-23-19)9-17(24(25)26)20(18)28-12-13-5-3-2-4-6-13/h2-6,9-10,21H,7-8,11-12H2,1H3,(H,22,23). The van der Waals surface area contributed by atoms with Gasteiger partial charge < -0.3 is 14.8 Å². The topological polar surface area (TPSA) is 102 Å². The lowest BCUT2D eigenvalue weighted by molar-refractivity contribution is -0.386. The van der Waals surface area contributed by atoms with Crippen molar-refractivity contribution in [1.29, 1.82) is 0 Å². The van der Waals surface area contributed by atoms with Crippen LogP contribution in [0.25, 0.3) is 11.3 Å². The average Bonchev–Trinajstić information content (AvgIpc) is 3.16. The first-order chi connectivity index (χ1) is 13.7. The molecule has 0 atom stereocenters. The number of hydrogen-bond donors (Lipinski definition) is 2. The second-order valence-corrected chi connectivity index (χ2v) is 6.51. The van der Waals surface area contributed by atoms with Crippen molar-refractivity contribution in [2.24, 2.45) is 0 Å². The summed E-state index contributed by atoms with van der Waals surface area (Å²) in [5.74, 6) is 0.420. The van der Waals surface area contributed by atoms with E-state index in [1.165, 1.54) is 13.2 Å². The quantitative estimate of drug-likeness (QED) is 0.503. The predicted molar refractivity (Wildman–Crippen MR) is 103 cm³/mol. The number of aromatic amines is 1. The predicted octanol–water partition coefficient (Wildman–Crippen LogP) is 3.22. The van der Waals surface area contributed by atoms with E-state index in [4.69, 9.17) is 9.47 Å². The Labute approximate surface area is 161 Å². The van der Waals surface area contributed by atoms with Gasteiger partial charge in [-0.25, -0.2) is 0 Å². The molecule has 28 heavy (non-hydrogen) atoms. The number of H-pyrrole nitrogens is 1. The minimum Gasteiger partial charge on any atom is -0.493 e. The van der Waals surface area contributed by atoms with Gasteiger partial charge in [-0.15, -0.1) is 0 Å². The van der Waals surface area contributed by atoms with Crippen molar-refractivity contribution in [2.45, 2.75) is 19.6 Å². The number of benzene rings is 2. The number of rotatable bonds is 6. The van der Waals surface area contributed by atoms with Gasteiger partial charge in [0.1, 0.15) is 6.61 Å². The number of aromatic nitrogens is 2. The summed E-state index contributed by atoms with van der Waals surface area (Å²) in [7, 11) is 1.47. The van der Waals surface area contributed by atoms with Crippen LogP contribution in [0.15, 0.2) is 42.5 Å². The Bertz CT molecular complexity index is 1000. The van der Waals surface area contributed by atoms with Crippen LogP contribution in [0.5, 0.6) is 11.5 Å². The summed E-state index contributed by atoms with van der Waals surface area (Å²) in [6.07, 6.45) is 0.847. The summed E-state index contributed by atoms with van der Waals surface area (Å²) >= 11 is 0. The van der Waals surface area contributed by atoms with Gasteiger partial charge >= 0.3 is 5.69 Å². The zero-order chi connectivity index (χ0) is 19.5. The van der Waals surface area contributed by atoms with E-state index in [-0.39, 0.29) is 18.0 Å². The number of ether oxygens (including phenoxy) is 2. The molecular weight excluding hydrogens is 360 g/mol. The lowest BCUT2D eigenvalue weighted by Crippen LogP contribution is -2.23. The maximum Gasteiger partial charge on any atom is 0.315 e. The average molecular weight is 380 g/mol. The number of hydrogen-bond acceptors (Lipinski definition) is 6. The van der Waals surface area contributed by atoms with Crippen LogP contribution in [0.4, 0.5) is 5.69 Å². The second kappa shape index (κ2) is 7.69. The fourth-order valence-corrected chi connectivity index (χ4v) is 3.35. The molecule has 0 spiro atoms. The van der Waals surface area contributed by atoms with Gasteiger partial charge in [-0.1, -0.05) is 30.3 Å². The fraction of sp³-hybridized carbons (Fsp3) is 0.250. The van der Waals surface area contributed by atoms with Crippen molar-refractivity contribution >= 4 is 5.69 Å². The molecule has 8 heteroatoms. The lowest BCUT2D eigenvalue weighted by atomic mass is 10.0. The molecule has 4 rings (SSSR count). The van der Waals surface area contributed by atoms with Gasteiger partial charge in [-0.2, -0.15) is 5.10 Å². The van der Waals surface area contributed by atoms with Crippen LogP contribution in [-0.2, 0) is 19.6 Å². The molecule has 1 aliphatic heterocycles. The van der Waals surface area contributed by atoms with E-state index in [1.807, 2.05) is 30.3 Å². The van der Waals surface area contributed by atoms with Crippen LogP contribution in [0, 0.1) is 10.1 Å². The Hall–Kier alpha value is -3.39. The molecule has 1 aromatic heterocycles. The SMILES string of the molecule is COc1cc(-c2n[nH]c3c2CNCC3)cc([N+](=O)[O-])c1OCc1ccccc1. The van der Waals surface area contributed by atoms with Crippen molar-refractivity contribution in [3.8, 4) is 22.8 Å². The highest BCUT2D eigenvalue weighted by Gasteiger charge is 2.26. The zero-order valence-corrected chi connectivity index (χ0v) is 15.4. The second-order valence-electron chi connectivity index (χ2n) is 6.51. The van der Waals surface area contributed by atoms with E-state index in [2.05, 4.69) is 15.5 Å². The van der Waals surface area contributed by atoms with Crippen LogP contribution < -0.4 is 14.8 Å². The van der Waals surface area contributed by atoms with Gasteiger partial charge in [0.15, 0.2) is 5.75 Å². The molecule has 0 aliphatic carbocycles. The van der Waals surface area contributed by atoms with Crippen LogP contribution in [0.3, 0.4) is 0 Å². The Balaban J connectivity index is 1.73. The van der Waals surface area contributed by atoms with E-state index in [9.17, 15) is 10.1 Å². The first-order valence-corrected chi connectivity index (χ1v) is 8.97. The zero-order valence-electron chi connectivity index (χ0n) is 15.4. The summed E-state index contributed by atoms with van der Waals surface area (Å²) in [4.78, 5) is 11.3. The maximum absolute atomic E-state index is 11.7. The molecule has 0 bridgehead atoms. The maximum atomic E-state index is 11.7. The van der Waals surface area contributed by atoms with Gasteiger partial charge in [0, 0.05) is 42.4 Å². The van der Waals surface area contributed by atoms with Gasteiger partial charge in [-0.05, 0) is 11.6 Å². The van der Waals surface area contributed by atoms with E-state index in [0.717, 1.165) is 29.8 Å². The minimum absolute atomic E-state index is 0.114. The summed E-state index contributed by atoms with van der Waals surface area (Å²) in [6, 6.07) is 12.7. The molecule has 144 valence electrons. The smallest absolute Gasteiger partial charge is 0.315 e. The number of nitro benzene ring substituents is 1. The third-order valence-electron chi connectivity index (χ3n) is 4.76. The third kappa shape index (κ3) is 3.41. The molecule has 2 heterocycles. The number of nitrogens with one attached hydrogen (secondary N) is 2. The van der Waals surface area contributed by atoms with Gasteiger partial charge in [-0.3, -0.25) is 15.2 Å². The van der Waals surface area contributed by atoms with E-state index in [0.29, 0.717) is 23.6 Å². The molecule has 3 aromatic rings. The number of methoxy groups -OCH3 is 1. The molecule has 1 aliphatic rings. The minimum atomic E-state index is -0.455. The van der Waals surface area contributed by atoms with Crippen LogP contribution in [0.1, 0.15) is 16.8 Å². The van der Waals surface area contributed by atoms with E-state index >= 15 is 0 Å². The van der Waals surface area contributed by atoms with Crippen molar-refractivity contribution in [3.05, 3.63) is 69.4 Å². The Morgan fingerprint density at radius 3 is 2.82 bits per heavy atom. The largest absolute Gasteiger partial charge is 0.493 e. The molecule has 2 aromatic carbocycles. The molecule has 0 fully saturated rings. The summed E-state index contributed by atoms with van der Waals surface area (Å²) in [5, 5.41) is 22.5.